The lowest BCUT2D eigenvalue weighted by Crippen LogP contribution is -2.40. The van der Waals surface area contributed by atoms with Gasteiger partial charge in [0.1, 0.15) is 11.4 Å². The molecule has 2 N–H and O–H groups in total. The van der Waals surface area contributed by atoms with E-state index >= 15 is 0 Å². The van der Waals surface area contributed by atoms with Crippen LogP contribution in [0.3, 0.4) is 0 Å². The molecule has 0 aliphatic rings. The average Bonchev–Trinajstić information content (AvgIpc) is 2.96. The Morgan fingerprint density at radius 2 is 1.96 bits per heavy atom. The molecule has 0 aliphatic heterocycles. The number of hydrogen-bond donors (Lipinski definition) is 1. The minimum Gasteiger partial charge on any atom is -0.340 e. The van der Waals surface area contributed by atoms with Crippen LogP contribution in [-0.4, -0.2) is 40.0 Å². The molecule has 2 heterocycles. The molecule has 1 amide bonds. The van der Waals surface area contributed by atoms with E-state index in [0.717, 1.165) is 27.3 Å². The van der Waals surface area contributed by atoms with E-state index in [9.17, 15) is 9.59 Å². The van der Waals surface area contributed by atoms with Crippen LogP contribution in [0.15, 0.2) is 41.5 Å². The largest absolute Gasteiger partial charge is 0.340 e. The smallest absolute Gasteiger partial charge is 0.262 e. The highest BCUT2D eigenvalue weighted by Crippen LogP contribution is 2.25. The summed E-state index contributed by atoms with van der Waals surface area (Å²) in [5.74, 6) is -0.121. The number of carbonyl (C=O) groups is 1. The van der Waals surface area contributed by atoms with Gasteiger partial charge in [-0.25, -0.2) is 4.98 Å². The average molecular weight is 385 g/mol. The zero-order valence-corrected chi connectivity index (χ0v) is 16.5. The molecule has 3 aromatic rings. The van der Waals surface area contributed by atoms with Gasteiger partial charge in [0.25, 0.3) is 5.56 Å². The van der Waals surface area contributed by atoms with Gasteiger partial charge in [-0.2, -0.15) is 0 Å². The first-order valence-electron chi connectivity index (χ1n) is 8.98. The van der Waals surface area contributed by atoms with Crippen molar-refractivity contribution in [1.82, 2.24) is 14.5 Å². The number of nitrogens with zero attached hydrogens (tertiary/aromatic N) is 3. The predicted molar refractivity (Wildman–Crippen MR) is 109 cm³/mol. The molecule has 6 nitrogen and oxygen atoms in total. The van der Waals surface area contributed by atoms with Crippen molar-refractivity contribution in [2.45, 2.75) is 26.8 Å². The predicted octanol–water partition coefficient (Wildman–Crippen LogP) is 2.10. The second-order valence-electron chi connectivity index (χ2n) is 6.55. The van der Waals surface area contributed by atoms with Gasteiger partial charge in [-0.05, 0) is 31.4 Å². The Balaban J connectivity index is 1.77. The minimum atomic E-state index is -0.161. The van der Waals surface area contributed by atoms with Crippen molar-refractivity contribution in [2.75, 3.05) is 19.6 Å². The summed E-state index contributed by atoms with van der Waals surface area (Å²) in [5, 5.41) is 0.613. The number of rotatable bonds is 7. The van der Waals surface area contributed by atoms with Gasteiger partial charge in [-0.15, -0.1) is 11.3 Å². The first kappa shape index (κ1) is 19.3. The maximum Gasteiger partial charge on any atom is 0.262 e. The van der Waals surface area contributed by atoms with Gasteiger partial charge in [0.05, 0.1) is 11.7 Å². The zero-order valence-electron chi connectivity index (χ0n) is 15.6. The lowest BCUT2D eigenvalue weighted by atomic mass is 10.1. The van der Waals surface area contributed by atoms with E-state index in [4.69, 9.17) is 5.73 Å². The van der Waals surface area contributed by atoms with Gasteiger partial charge in [0.15, 0.2) is 0 Å². The molecule has 3 rings (SSSR count). The molecule has 2 aromatic heterocycles. The molecule has 0 aliphatic carbocycles. The molecule has 0 unspecified atom stereocenters. The van der Waals surface area contributed by atoms with E-state index in [-0.39, 0.29) is 18.0 Å². The number of benzene rings is 1. The Labute approximate surface area is 162 Å². The standard InChI is InChI=1S/C20H24N4O2S/c1-14-15(2)27-19-18(14)20(26)24(13-22-19)12-17(25)23(11-9-21)10-8-16-6-4-3-5-7-16/h3-7,13H,8-12,21H2,1-2H3. The Morgan fingerprint density at radius 1 is 1.22 bits per heavy atom. The highest BCUT2D eigenvalue weighted by atomic mass is 32.1. The van der Waals surface area contributed by atoms with Crippen molar-refractivity contribution in [1.29, 1.82) is 0 Å². The summed E-state index contributed by atoms with van der Waals surface area (Å²) in [6.07, 6.45) is 2.22. The van der Waals surface area contributed by atoms with E-state index in [1.54, 1.807) is 4.90 Å². The number of amides is 1. The monoisotopic (exact) mass is 384 g/mol. The quantitative estimate of drug-likeness (QED) is 0.676. The molecular weight excluding hydrogens is 360 g/mol. The molecule has 0 atom stereocenters. The van der Waals surface area contributed by atoms with E-state index in [1.165, 1.54) is 22.2 Å². The van der Waals surface area contributed by atoms with Crippen LogP contribution in [0, 0.1) is 13.8 Å². The molecule has 0 fully saturated rings. The summed E-state index contributed by atoms with van der Waals surface area (Å²) in [7, 11) is 0. The number of carbonyl (C=O) groups excluding carboxylic acids is 1. The summed E-state index contributed by atoms with van der Waals surface area (Å²) < 4.78 is 1.40. The van der Waals surface area contributed by atoms with Crippen LogP contribution < -0.4 is 11.3 Å². The van der Waals surface area contributed by atoms with Gasteiger partial charge in [0, 0.05) is 24.5 Å². The van der Waals surface area contributed by atoms with E-state index in [0.29, 0.717) is 25.0 Å². The van der Waals surface area contributed by atoms with Crippen LogP contribution in [-0.2, 0) is 17.8 Å². The molecule has 0 saturated carbocycles. The number of aryl methyl sites for hydroxylation is 2. The van der Waals surface area contributed by atoms with Gasteiger partial charge in [-0.1, -0.05) is 30.3 Å². The third kappa shape index (κ3) is 4.26. The fourth-order valence-corrected chi connectivity index (χ4v) is 4.04. The van der Waals surface area contributed by atoms with Crippen LogP contribution >= 0.6 is 11.3 Å². The Kier molecular flexibility index (Phi) is 6.03. The van der Waals surface area contributed by atoms with Crippen LogP contribution in [0.25, 0.3) is 10.2 Å². The number of nitrogens with two attached hydrogens (primary N) is 1. The van der Waals surface area contributed by atoms with Crippen LogP contribution in [0.5, 0.6) is 0 Å². The number of thiophene rings is 1. The fraction of sp³-hybridized carbons (Fsp3) is 0.350. The van der Waals surface area contributed by atoms with Crippen molar-refractivity contribution < 1.29 is 4.79 Å². The van der Waals surface area contributed by atoms with E-state index in [1.807, 2.05) is 44.2 Å². The first-order chi connectivity index (χ1) is 13.0. The maximum atomic E-state index is 12.8. The van der Waals surface area contributed by atoms with Crippen LogP contribution in [0.4, 0.5) is 0 Å². The van der Waals surface area contributed by atoms with Gasteiger partial charge in [0.2, 0.25) is 5.91 Å². The maximum absolute atomic E-state index is 12.8. The molecule has 142 valence electrons. The Bertz CT molecular complexity index is 994. The molecular formula is C20H24N4O2S. The number of hydrogen-bond acceptors (Lipinski definition) is 5. The van der Waals surface area contributed by atoms with Crippen molar-refractivity contribution in [2.24, 2.45) is 5.73 Å². The summed E-state index contributed by atoms with van der Waals surface area (Å²) in [4.78, 5) is 33.5. The molecule has 0 spiro atoms. The van der Waals surface area contributed by atoms with E-state index < -0.39 is 0 Å². The number of fused-ring (bicyclic) bond motifs is 1. The minimum absolute atomic E-state index is 0.0229. The van der Waals surface area contributed by atoms with Crippen molar-refractivity contribution in [3.8, 4) is 0 Å². The molecule has 1 aromatic carbocycles. The van der Waals surface area contributed by atoms with Crippen molar-refractivity contribution >= 4 is 27.5 Å². The van der Waals surface area contributed by atoms with E-state index in [2.05, 4.69) is 4.98 Å². The highest BCUT2D eigenvalue weighted by Gasteiger charge is 2.17. The molecule has 0 bridgehead atoms. The second-order valence-corrected chi connectivity index (χ2v) is 7.75. The van der Waals surface area contributed by atoms with Crippen molar-refractivity contribution in [3.05, 3.63) is 63.0 Å². The summed E-state index contributed by atoms with van der Waals surface area (Å²) >= 11 is 1.50. The summed E-state index contributed by atoms with van der Waals surface area (Å²) in [6, 6.07) is 10.0. The lowest BCUT2D eigenvalue weighted by molar-refractivity contribution is -0.131. The Hall–Kier alpha value is -2.51. The third-order valence-electron chi connectivity index (χ3n) is 4.73. The lowest BCUT2D eigenvalue weighted by Gasteiger charge is -2.22. The van der Waals surface area contributed by atoms with Gasteiger partial charge < -0.3 is 10.6 Å². The third-order valence-corrected chi connectivity index (χ3v) is 5.84. The van der Waals surface area contributed by atoms with Crippen LogP contribution in [0.1, 0.15) is 16.0 Å². The summed E-state index contributed by atoms with van der Waals surface area (Å²) in [6.45, 7) is 5.29. The normalized spacial score (nSPS) is 11.1. The molecule has 0 radical (unpaired) electrons. The molecule has 0 saturated heterocycles. The van der Waals surface area contributed by atoms with Crippen LogP contribution in [0.2, 0.25) is 0 Å². The molecule has 7 heteroatoms. The van der Waals surface area contributed by atoms with Gasteiger partial charge >= 0.3 is 0 Å². The first-order valence-corrected chi connectivity index (χ1v) is 9.79. The second kappa shape index (κ2) is 8.45. The zero-order chi connectivity index (χ0) is 19.4. The van der Waals surface area contributed by atoms with Crippen molar-refractivity contribution in [3.63, 3.8) is 0 Å². The fourth-order valence-electron chi connectivity index (χ4n) is 3.05. The topological polar surface area (TPSA) is 81.2 Å². The highest BCUT2D eigenvalue weighted by molar-refractivity contribution is 7.18. The molecule has 27 heavy (non-hydrogen) atoms. The summed E-state index contributed by atoms with van der Waals surface area (Å²) in [5.41, 5.74) is 7.63. The number of aromatic nitrogens is 2. The van der Waals surface area contributed by atoms with Gasteiger partial charge in [-0.3, -0.25) is 14.2 Å². The Morgan fingerprint density at radius 3 is 2.67 bits per heavy atom. The SMILES string of the molecule is Cc1sc2ncn(CC(=O)N(CCN)CCc3ccccc3)c(=O)c2c1C.